The van der Waals surface area contributed by atoms with Crippen molar-refractivity contribution < 1.29 is 15.0 Å². The van der Waals surface area contributed by atoms with Crippen molar-refractivity contribution in [1.29, 1.82) is 0 Å². The quantitative estimate of drug-likeness (QED) is 0.531. The van der Waals surface area contributed by atoms with E-state index in [0.717, 1.165) is 0 Å². The molecule has 0 bridgehead atoms. The predicted octanol–water partition coefficient (Wildman–Crippen LogP) is -0.208. The van der Waals surface area contributed by atoms with Crippen molar-refractivity contribution in [3.63, 3.8) is 0 Å². The van der Waals surface area contributed by atoms with Gasteiger partial charge in [0.15, 0.2) is 5.76 Å². The van der Waals surface area contributed by atoms with Crippen LogP contribution in [0.2, 0.25) is 0 Å². The van der Waals surface area contributed by atoms with Crippen molar-refractivity contribution in [3.05, 3.63) is 11.5 Å². The molecule has 0 radical (unpaired) electrons. The number of aliphatic imine (C=N–C) groups is 1. The summed E-state index contributed by atoms with van der Waals surface area (Å²) >= 11 is 0. The van der Waals surface area contributed by atoms with Gasteiger partial charge in [-0.25, -0.2) is 0 Å². The summed E-state index contributed by atoms with van der Waals surface area (Å²) in [4.78, 5) is 14.3. The minimum atomic E-state index is -0.412. The molecule has 0 atom stereocenters. The van der Waals surface area contributed by atoms with Crippen molar-refractivity contribution in [1.82, 2.24) is 0 Å². The van der Waals surface area contributed by atoms with Crippen LogP contribution in [-0.2, 0) is 4.79 Å². The lowest BCUT2D eigenvalue weighted by molar-refractivity contribution is -0.117. The largest absolute Gasteiger partial charge is 0.503 e. The Balaban J connectivity index is 2.93. The second-order valence-electron chi connectivity index (χ2n) is 1.89. The number of allylic oxidation sites excluding steroid dienone is 1. The number of hydrogen-bond donors (Lipinski definition) is 2. The molecular formula is C6H7NO3. The molecule has 0 unspecified atom stereocenters. The monoisotopic (exact) mass is 141 g/mol. The molecule has 54 valence electrons. The fourth-order valence-corrected chi connectivity index (χ4v) is 0.673. The summed E-state index contributed by atoms with van der Waals surface area (Å²) in [5.74, 6) is -0.802. The van der Waals surface area contributed by atoms with Gasteiger partial charge in [0, 0.05) is 12.6 Å². The Morgan fingerprint density at radius 2 is 2.40 bits per heavy atom. The number of aliphatic hydroxyl groups excluding tert-OH is 2. The molecule has 0 aromatic heterocycles. The molecule has 2 N–H and O–H groups in total. The van der Waals surface area contributed by atoms with Gasteiger partial charge in [-0.2, -0.15) is 0 Å². The van der Waals surface area contributed by atoms with Crippen LogP contribution in [0.25, 0.3) is 0 Å². The van der Waals surface area contributed by atoms with Gasteiger partial charge in [0.05, 0.1) is 6.61 Å². The van der Waals surface area contributed by atoms with Crippen molar-refractivity contribution in [2.24, 2.45) is 4.99 Å². The minimum Gasteiger partial charge on any atom is -0.503 e. The summed E-state index contributed by atoms with van der Waals surface area (Å²) in [5.41, 5.74) is 0.0521. The molecule has 1 heterocycles. The van der Waals surface area contributed by atoms with E-state index in [4.69, 9.17) is 10.2 Å². The first-order valence-electron chi connectivity index (χ1n) is 2.84. The average molecular weight is 141 g/mol. The molecule has 0 spiro atoms. The number of carbonyl (C=O) groups is 1. The molecular weight excluding hydrogens is 134 g/mol. The van der Waals surface area contributed by atoms with E-state index in [1.165, 1.54) is 6.21 Å². The topological polar surface area (TPSA) is 69.9 Å². The minimum absolute atomic E-state index is 0.0521. The summed E-state index contributed by atoms with van der Waals surface area (Å²) in [6.45, 7) is -0.395. The van der Waals surface area contributed by atoms with E-state index in [0.29, 0.717) is 0 Å². The second kappa shape index (κ2) is 2.62. The Bertz CT molecular complexity index is 217. The van der Waals surface area contributed by atoms with E-state index in [2.05, 4.69) is 4.99 Å². The fraction of sp³-hybridized carbons (Fsp3) is 0.333. The predicted molar refractivity (Wildman–Crippen MR) is 34.9 cm³/mol. The Labute approximate surface area is 57.5 Å². The highest BCUT2D eigenvalue weighted by Gasteiger charge is 2.15. The third-order valence-electron chi connectivity index (χ3n) is 1.21. The van der Waals surface area contributed by atoms with Gasteiger partial charge < -0.3 is 10.2 Å². The number of Topliss-reactive ketones (excluding diaryl/α,β-unsaturated/α-hetero) is 1. The Morgan fingerprint density at radius 3 is 2.90 bits per heavy atom. The van der Waals surface area contributed by atoms with Gasteiger partial charge in [-0.05, 0) is 0 Å². The lowest BCUT2D eigenvalue weighted by Gasteiger charge is -2.05. The number of aliphatic hydroxyl groups is 2. The van der Waals surface area contributed by atoms with E-state index in [1.54, 1.807) is 0 Å². The zero-order chi connectivity index (χ0) is 7.56. The van der Waals surface area contributed by atoms with Crippen LogP contribution in [0.4, 0.5) is 0 Å². The summed E-state index contributed by atoms with van der Waals surface area (Å²) in [6.07, 6.45) is 1.49. The highest BCUT2D eigenvalue weighted by Crippen LogP contribution is 2.09. The normalized spacial score (nSPS) is 18.3. The Morgan fingerprint density at radius 1 is 1.70 bits per heavy atom. The zero-order valence-corrected chi connectivity index (χ0v) is 5.24. The Kier molecular flexibility index (Phi) is 1.82. The van der Waals surface area contributed by atoms with Gasteiger partial charge in [0.25, 0.3) is 0 Å². The van der Waals surface area contributed by atoms with Gasteiger partial charge in [-0.15, -0.1) is 0 Å². The highest BCUT2D eigenvalue weighted by molar-refractivity contribution is 6.03. The van der Waals surface area contributed by atoms with E-state index >= 15 is 0 Å². The first-order chi connectivity index (χ1) is 4.75. The number of ketones is 1. The third-order valence-corrected chi connectivity index (χ3v) is 1.21. The smallest absolute Gasteiger partial charge is 0.204 e. The zero-order valence-electron chi connectivity index (χ0n) is 5.24. The summed E-state index contributed by atoms with van der Waals surface area (Å²) < 4.78 is 0. The van der Waals surface area contributed by atoms with Crippen LogP contribution in [0.1, 0.15) is 6.42 Å². The standard InChI is InChI=1S/C6H7NO3/c8-3-4-6(10)5(9)1-2-7-4/h2,8,10H,1,3H2. The maximum absolute atomic E-state index is 10.7. The van der Waals surface area contributed by atoms with E-state index < -0.39 is 12.4 Å². The van der Waals surface area contributed by atoms with E-state index in [1.807, 2.05) is 0 Å². The number of carbonyl (C=O) groups excluding carboxylic acids is 1. The lowest BCUT2D eigenvalue weighted by atomic mass is 10.2. The molecule has 0 fully saturated rings. The van der Waals surface area contributed by atoms with Crippen LogP contribution in [-0.4, -0.2) is 28.8 Å². The number of nitrogens with zero attached hydrogens (tertiary/aromatic N) is 1. The molecule has 0 amide bonds. The molecule has 1 aliphatic rings. The molecule has 1 aliphatic heterocycles. The molecule has 1 rings (SSSR count). The molecule has 0 aliphatic carbocycles. The Hall–Kier alpha value is -1.16. The average Bonchev–Trinajstić information content (AvgIpc) is 1.95. The number of rotatable bonds is 1. The maximum atomic E-state index is 10.7. The number of hydrogen-bond acceptors (Lipinski definition) is 4. The molecule has 4 heteroatoms. The van der Waals surface area contributed by atoms with Crippen molar-refractivity contribution in [2.45, 2.75) is 6.42 Å². The van der Waals surface area contributed by atoms with Gasteiger partial charge in [-0.3, -0.25) is 9.79 Å². The van der Waals surface area contributed by atoms with Crippen molar-refractivity contribution in [2.75, 3.05) is 6.61 Å². The van der Waals surface area contributed by atoms with Gasteiger partial charge in [0.2, 0.25) is 5.78 Å². The van der Waals surface area contributed by atoms with E-state index in [9.17, 15) is 4.79 Å². The maximum Gasteiger partial charge on any atom is 0.204 e. The first kappa shape index (κ1) is 6.95. The first-order valence-corrected chi connectivity index (χ1v) is 2.84. The van der Waals surface area contributed by atoms with Crippen LogP contribution < -0.4 is 0 Å². The second-order valence-corrected chi connectivity index (χ2v) is 1.89. The molecule has 0 saturated heterocycles. The summed E-state index contributed by atoms with van der Waals surface area (Å²) in [7, 11) is 0. The molecule has 10 heavy (non-hydrogen) atoms. The van der Waals surface area contributed by atoms with Crippen LogP contribution >= 0.6 is 0 Å². The highest BCUT2D eigenvalue weighted by atomic mass is 16.3. The van der Waals surface area contributed by atoms with Gasteiger partial charge in [0.1, 0.15) is 5.70 Å². The SMILES string of the molecule is O=C1CC=NC(CO)=C1O. The van der Waals surface area contributed by atoms with Crippen molar-refractivity contribution >= 4 is 12.0 Å². The molecule has 0 saturated carbocycles. The lowest BCUT2D eigenvalue weighted by Crippen LogP contribution is -2.11. The van der Waals surface area contributed by atoms with Gasteiger partial charge in [-0.1, -0.05) is 0 Å². The summed E-state index contributed by atoms with van der Waals surface area (Å²) in [5, 5.41) is 17.4. The van der Waals surface area contributed by atoms with Crippen molar-refractivity contribution in [3.8, 4) is 0 Å². The molecule has 0 aromatic carbocycles. The van der Waals surface area contributed by atoms with Crippen LogP contribution in [0.3, 0.4) is 0 Å². The molecule has 4 nitrogen and oxygen atoms in total. The van der Waals surface area contributed by atoms with Crippen LogP contribution in [0.5, 0.6) is 0 Å². The van der Waals surface area contributed by atoms with Crippen LogP contribution in [0, 0.1) is 0 Å². The molecule has 0 aromatic rings. The van der Waals surface area contributed by atoms with Gasteiger partial charge >= 0.3 is 0 Å². The van der Waals surface area contributed by atoms with Crippen LogP contribution in [0.15, 0.2) is 16.4 Å². The fourth-order valence-electron chi connectivity index (χ4n) is 0.673. The van der Waals surface area contributed by atoms with E-state index in [-0.39, 0.29) is 17.9 Å². The third kappa shape index (κ3) is 1.06. The summed E-state index contributed by atoms with van der Waals surface area (Å²) in [6, 6.07) is 0.